The molecule has 6 atom stereocenters. The molecule has 432 valence electrons. The fourth-order valence-electron chi connectivity index (χ4n) is 10.1. The maximum Gasteiger partial charge on any atom is 0.331 e. The summed E-state index contributed by atoms with van der Waals surface area (Å²) in [7, 11) is -2.63. The quantitative estimate of drug-likeness (QED) is 0.0204. The molecule has 4 N–H and O–H groups in total. The normalized spacial score (nSPS) is 19.7. The van der Waals surface area contributed by atoms with Crippen LogP contribution in [0.2, 0.25) is 18.1 Å². The smallest absolute Gasteiger partial charge is 0.331 e. The molecular weight excluding hydrogens is 1080 g/mol. The fraction of sp³-hybridized carbons (Fsp3) is 0.368. The number of esters is 1. The van der Waals surface area contributed by atoms with Crippen molar-refractivity contribution < 1.29 is 33.1 Å². The predicted molar refractivity (Wildman–Crippen MR) is 337 cm³/mol. The van der Waals surface area contributed by atoms with Crippen LogP contribution in [0.15, 0.2) is 194 Å². The van der Waals surface area contributed by atoms with Gasteiger partial charge in [0.25, 0.3) is 0 Å². The van der Waals surface area contributed by atoms with Gasteiger partial charge in [0, 0.05) is 5.75 Å². The number of ether oxygens (including phenoxy) is 1. The number of cyclic esters (lactones) is 1. The second kappa shape index (κ2) is 28.5. The number of carbonyl (C=O) groups is 5. The van der Waals surface area contributed by atoms with Gasteiger partial charge in [0.05, 0.1) is 22.0 Å². The van der Waals surface area contributed by atoms with Crippen LogP contribution in [0, 0.1) is 11.8 Å². The minimum absolute atomic E-state index is 0.0163. The van der Waals surface area contributed by atoms with Gasteiger partial charge in [-0.25, -0.2) is 4.79 Å². The Morgan fingerprint density at radius 1 is 0.524 bits per heavy atom. The first-order valence-corrected chi connectivity index (χ1v) is 33.4. The van der Waals surface area contributed by atoms with Crippen LogP contribution in [-0.4, -0.2) is 85.8 Å². The molecular formula is C68H82N4O7S2Si. The highest BCUT2D eigenvalue weighted by Crippen LogP contribution is 2.50. The van der Waals surface area contributed by atoms with Crippen molar-refractivity contribution in [2.75, 3.05) is 11.5 Å². The van der Waals surface area contributed by atoms with Gasteiger partial charge in [-0.2, -0.15) is 0 Å². The maximum absolute atomic E-state index is 15.5. The fourth-order valence-corrected chi connectivity index (χ4v) is 14.6. The van der Waals surface area contributed by atoms with Gasteiger partial charge >= 0.3 is 5.97 Å². The second-order valence-corrected chi connectivity index (χ2v) is 30.6. The molecule has 6 aromatic carbocycles. The summed E-state index contributed by atoms with van der Waals surface area (Å²) in [6.07, 6.45) is 1.81. The summed E-state index contributed by atoms with van der Waals surface area (Å²) in [4.78, 5) is 74.2. The van der Waals surface area contributed by atoms with E-state index in [9.17, 15) is 14.4 Å². The highest BCUT2D eigenvalue weighted by atomic mass is 32.2. The van der Waals surface area contributed by atoms with E-state index in [0.717, 1.165) is 33.4 Å². The number of rotatable bonds is 19. The second-order valence-electron chi connectivity index (χ2n) is 23.3. The van der Waals surface area contributed by atoms with E-state index in [4.69, 9.17) is 9.16 Å². The van der Waals surface area contributed by atoms with Crippen molar-refractivity contribution >= 4 is 61.4 Å². The molecule has 7 rings (SSSR count). The minimum atomic E-state index is -2.63. The first kappa shape index (κ1) is 62.9. The van der Waals surface area contributed by atoms with E-state index < -0.39 is 95.6 Å². The van der Waals surface area contributed by atoms with Crippen LogP contribution < -0.4 is 21.3 Å². The van der Waals surface area contributed by atoms with Gasteiger partial charge < -0.3 is 30.4 Å². The third-order valence-electron chi connectivity index (χ3n) is 15.6. The molecule has 1 saturated heterocycles. The van der Waals surface area contributed by atoms with Gasteiger partial charge in [-0.3, -0.25) is 19.2 Å². The highest BCUT2D eigenvalue weighted by molar-refractivity contribution is 8.00. The molecule has 6 aromatic rings. The number of allylic oxidation sites excluding steroid dienone is 1. The molecule has 1 aliphatic heterocycles. The molecule has 11 nitrogen and oxygen atoms in total. The Kier molecular flexibility index (Phi) is 21.9. The van der Waals surface area contributed by atoms with Crippen molar-refractivity contribution in [3.8, 4) is 0 Å². The zero-order valence-electron chi connectivity index (χ0n) is 49.1. The number of carbonyl (C=O) groups excluding carboxylic acids is 5. The predicted octanol–water partition coefficient (Wildman–Crippen LogP) is 12.4. The van der Waals surface area contributed by atoms with Crippen molar-refractivity contribution in [1.82, 2.24) is 21.3 Å². The van der Waals surface area contributed by atoms with Gasteiger partial charge in [-0.15, -0.1) is 23.5 Å². The van der Waals surface area contributed by atoms with E-state index in [1.165, 1.54) is 11.8 Å². The van der Waals surface area contributed by atoms with Gasteiger partial charge in [-0.1, -0.05) is 237 Å². The summed E-state index contributed by atoms with van der Waals surface area (Å²) in [6, 6.07) is 56.6. The van der Waals surface area contributed by atoms with Crippen LogP contribution in [-0.2, 0) is 42.6 Å². The van der Waals surface area contributed by atoms with Crippen molar-refractivity contribution in [2.45, 2.75) is 132 Å². The largest absolute Gasteiger partial charge is 0.456 e. The Labute approximate surface area is 496 Å². The average Bonchev–Trinajstić information content (AvgIpc) is 3.63. The Balaban J connectivity index is 1.28. The molecule has 1 heterocycles. The van der Waals surface area contributed by atoms with E-state index in [1.807, 2.05) is 107 Å². The summed E-state index contributed by atoms with van der Waals surface area (Å²) in [5.41, 5.74) is 6.22. The number of nitrogens with one attached hydrogen (secondary N) is 4. The monoisotopic (exact) mass is 1160 g/mol. The molecule has 1 aliphatic rings. The molecule has 0 unspecified atom stereocenters. The third-order valence-corrected chi connectivity index (χ3v) is 23.4. The molecule has 82 heavy (non-hydrogen) atoms. The Bertz CT molecular complexity index is 2860. The van der Waals surface area contributed by atoms with Crippen LogP contribution in [0.4, 0.5) is 0 Å². The lowest BCUT2D eigenvalue weighted by Gasteiger charge is -2.40. The first-order chi connectivity index (χ1) is 39.2. The van der Waals surface area contributed by atoms with Gasteiger partial charge in [-0.05, 0) is 88.5 Å². The molecule has 4 amide bonds. The summed E-state index contributed by atoms with van der Waals surface area (Å²) >= 11 is 3.27. The van der Waals surface area contributed by atoms with E-state index in [-0.39, 0.29) is 17.2 Å². The SMILES string of the molecule is CC(C)[C@H]1NC(=O)C[C@@H](/C=C/CCSC(c2ccccc2)(c2ccccc2)c2ccccc2)OC(=O)[C@H]([C@@H](C)O[Si](C)(C)C(C)(C)C)NC(=O)[C@@H](CSC(c2ccccc2)(c2ccccc2)c2ccccc2)NC(=O)[C@@H](C(C)C)NC1=O. The lowest BCUT2D eigenvalue weighted by atomic mass is 9.84. The number of benzene rings is 6. The molecule has 14 heteroatoms. The van der Waals surface area contributed by atoms with Crippen molar-refractivity contribution in [1.29, 1.82) is 0 Å². The molecule has 0 spiro atoms. The lowest BCUT2D eigenvalue weighted by molar-refractivity contribution is -0.155. The van der Waals surface area contributed by atoms with E-state index in [0.29, 0.717) is 12.2 Å². The number of thioether (sulfide) groups is 2. The van der Waals surface area contributed by atoms with Crippen LogP contribution in [0.5, 0.6) is 0 Å². The number of hydrogen-bond acceptors (Lipinski definition) is 9. The van der Waals surface area contributed by atoms with Gasteiger partial charge in [0.15, 0.2) is 14.4 Å². The van der Waals surface area contributed by atoms with Crippen molar-refractivity contribution in [2.24, 2.45) is 11.8 Å². The summed E-state index contributed by atoms with van der Waals surface area (Å²) in [6.45, 7) is 19.4. The minimum Gasteiger partial charge on any atom is -0.456 e. The number of hydrogen-bond donors (Lipinski definition) is 4. The Hall–Kier alpha value is -6.71. The van der Waals surface area contributed by atoms with Crippen LogP contribution in [0.1, 0.15) is 102 Å². The molecule has 0 aromatic heterocycles. The Morgan fingerprint density at radius 3 is 1.28 bits per heavy atom. The average molecular weight is 1160 g/mol. The van der Waals surface area contributed by atoms with E-state index in [2.05, 4.69) is 164 Å². The summed E-state index contributed by atoms with van der Waals surface area (Å²) in [5, 5.41) is 11.7. The molecule has 0 radical (unpaired) electrons. The molecule has 0 bridgehead atoms. The van der Waals surface area contributed by atoms with E-state index in [1.54, 1.807) is 24.8 Å². The maximum atomic E-state index is 15.5. The zero-order valence-corrected chi connectivity index (χ0v) is 51.7. The van der Waals surface area contributed by atoms with Crippen LogP contribution in [0.3, 0.4) is 0 Å². The summed E-state index contributed by atoms with van der Waals surface area (Å²) < 4.78 is 11.9. The molecule has 0 aliphatic carbocycles. The molecule has 1 fully saturated rings. The lowest BCUT2D eigenvalue weighted by Crippen LogP contribution is -2.62. The van der Waals surface area contributed by atoms with Crippen LogP contribution in [0.25, 0.3) is 0 Å². The van der Waals surface area contributed by atoms with E-state index >= 15 is 9.59 Å². The van der Waals surface area contributed by atoms with Crippen LogP contribution >= 0.6 is 23.5 Å². The van der Waals surface area contributed by atoms with Crippen molar-refractivity contribution in [3.05, 3.63) is 228 Å². The topological polar surface area (TPSA) is 152 Å². The number of amides is 4. The highest BCUT2D eigenvalue weighted by Gasteiger charge is 2.45. The Morgan fingerprint density at radius 2 is 0.890 bits per heavy atom. The summed E-state index contributed by atoms with van der Waals surface area (Å²) in [5.74, 6) is -3.36. The zero-order chi connectivity index (χ0) is 59.1. The first-order valence-electron chi connectivity index (χ1n) is 28.5. The molecule has 0 saturated carbocycles. The van der Waals surface area contributed by atoms with Crippen molar-refractivity contribution in [3.63, 3.8) is 0 Å². The van der Waals surface area contributed by atoms with Gasteiger partial charge in [0.1, 0.15) is 24.2 Å². The standard InChI is InChI=1S/C68H82N4O7S2Si/c1-47(2)59-64(76)71-60(48(3)4)63(75)69-57(46-81-68(53-37-23-14-24-38-53,54-39-25-15-26-40-54)55-41-27-16-28-42-55)62(74)72-61(49(5)79-82(9,10)66(6,7)8)65(77)78-56(45-58(73)70-59)43-29-30-44-80-67(50-31-17-11-18-32-50,51-33-19-12-20-34-51)52-35-21-13-22-36-52/h11-29,31-43,47-49,56-57,59-61H,30,44-46H2,1-10H3,(H,69,75)(H,70,73)(H,71,76)(H,72,74)/b43-29+/t49-,56-,57-,59-,60-,61+/m1/s1. The van der Waals surface area contributed by atoms with Gasteiger partial charge in [0.2, 0.25) is 23.6 Å². The third kappa shape index (κ3) is 15.3.